The lowest BCUT2D eigenvalue weighted by molar-refractivity contribution is -0.151. The molecule has 1 N–H and O–H groups in total. The molecule has 2 fully saturated rings. The van der Waals surface area contributed by atoms with Crippen LogP contribution in [0.2, 0.25) is 0 Å². The second-order valence-corrected chi connectivity index (χ2v) is 6.65. The van der Waals surface area contributed by atoms with E-state index in [0.29, 0.717) is 31.8 Å². The number of carbonyl (C=O) groups excluding carboxylic acids is 1. The highest BCUT2D eigenvalue weighted by Crippen LogP contribution is 2.33. The molecule has 1 saturated carbocycles. The van der Waals surface area contributed by atoms with Crippen molar-refractivity contribution < 1.29 is 19.4 Å². The van der Waals surface area contributed by atoms with E-state index in [1.807, 2.05) is 0 Å². The van der Waals surface area contributed by atoms with Gasteiger partial charge in [0.15, 0.2) is 0 Å². The fraction of sp³-hybridized carbons (Fsp3) is 0.875. The van der Waals surface area contributed by atoms with Crippen molar-refractivity contribution in [1.82, 2.24) is 4.90 Å². The van der Waals surface area contributed by atoms with E-state index < -0.39 is 11.4 Å². The highest BCUT2D eigenvalue weighted by atomic mass is 16.5. The van der Waals surface area contributed by atoms with Gasteiger partial charge in [-0.2, -0.15) is 0 Å². The Labute approximate surface area is 126 Å². The molecule has 21 heavy (non-hydrogen) atoms. The number of likely N-dealkylation sites (tertiary alicyclic amines) is 1. The molecule has 0 radical (unpaired) electrons. The molecule has 0 aromatic carbocycles. The largest absolute Gasteiger partial charge is 0.481 e. The van der Waals surface area contributed by atoms with E-state index in [1.165, 1.54) is 32.8 Å². The maximum atomic E-state index is 12.4. The maximum Gasteiger partial charge on any atom is 0.313 e. The third-order valence-electron chi connectivity index (χ3n) is 5.02. The number of ether oxygens (including phenoxy) is 1. The highest BCUT2D eigenvalue weighted by Gasteiger charge is 2.46. The summed E-state index contributed by atoms with van der Waals surface area (Å²) in [6, 6.07) is 0. The van der Waals surface area contributed by atoms with Crippen LogP contribution in [-0.2, 0) is 14.3 Å². The molecule has 2 aliphatic rings. The molecule has 1 saturated heterocycles. The van der Waals surface area contributed by atoms with Gasteiger partial charge < -0.3 is 14.7 Å². The molecule has 1 heterocycles. The van der Waals surface area contributed by atoms with Crippen LogP contribution in [0.25, 0.3) is 0 Å². The minimum atomic E-state index is -0.909. The minimum absolute atomic E-state index is 0.126. The van der Waals surface area contributed by atoms with Crippen LogP contribution >= 0.6 is 0 Å². The van der Waals surface area contributed by atoms with Crippen molar-refractivity contribution >= 4 is 11.9 Å². The molecule has 1 amide bonds. The van der Waals surface area contributed by atoms with Crippen molar-refractivity contribution in [3.05, 3.63) is 0 Å². The van der Waals surface area contributed by atoms with Gasteiger partial charge in [-0.15, -0.1) is 0 Å². The van der Waals surface area contributed by atoms with Gasteiger partial charge in [0, 0.05) is 26.6 Å². The lowest BCUT2D eigenvalue weighted by Crippen LogP contribution is -2.40. The van der Waals surface area contributed by atoms with E-state index in [9.17, 15) is 14.7 Å². The Balaban J connectivity index is 1.90. The van der Waals surface area contributed by atoms with Crippen LogP contribution in [-0.4, -0.2) is 48.7 Å². The summed E-state index contributed by atoms with van der Waals surface area (Å²) in [7, 11) is 1.51. The topological polar surface area (TPSA) is 66.8 Å². The zero-order chi connectivity index (χ0) is 15.3. The summed E-state index contributed by atoms with van der Waals surface area (Å²) in [5, 5.41) is 9.44. The zero-order valence-corrected chi connectivity index (χ0v) is 13.0. The third-order valence-corrected chi connectivity index (χ3v) is 5.02. The van der Waals surface area contributed by atoms with Crippen molar-refractivity contribution in [2.45, 2.75) is 51.4 Å². The molecule has 0 bridgehead atoms. The Kier molecular flexibility index (Phi) is 5.62. The van der Waals surface area contributed by atoms with Crippen LogP contribution in [0.5, 0.6) is 0 Å². The molecule has 1 unspecified atom stereocenters. The van der Waals surface area contributed by atoms with E-state index in [0.717, 1.165) is 12.8 Å². The first-order valence-electron chi connectivity index (χ1n) is 8.07. The Bertz CT molecular complexity index is 376. The van der Waals surface area contributed by atoms with Crippen LogP contribution < -0.4 is 0 Å². The van der Waals surface area contributed by atoms with Gasteiger partial charge in [0.1, 0.15) is 5.41 Å². The number of methoxy groups -OCH3 is 1. The molecule has 0 spiro atoms. The Morgan fingerprint density at radius 3 is 2.48 bits per heavy atom. The van der Waals surface area contributed by atoms with E-state index in [-0.39, 0.29) is 12.5 Å². The first kappa shape index (κ1) is 16.3. The van der Waals surface area contributed by atoms with Gasteiger partial charge in [-0.05, 0) is 25.2 Å². The zero-order valence-electron chi connectivity index (χ0n) is 13.0. The highest BCUT2D eigenvalue weighted by molar-refractivity contribution is 5.81. The summed E-state index contributed by atoms with van der Waals surface area (Å²) in [6.07, 6.45) is 8.37. The maximum absolute atomic E-state index is 12.4. The average molecular weight is 297 g/mol. The number of nitrogens with zero attached hydrogens (tertiary/aromatic N) is 1. The lowest BCUT2D eigenvalue weighted by Gasteiger charge is -2.24. The molecule has 5 heteroatoms. The number of carboxylic acids is 1. The van der Waals surface area contributed by atoms with E-state index >= 15 is 0 Å². The molecule has 120 valence electrons. The summed E-state index contributed by atoms with van der Waals surface area (Å²) in [4.78, 5) is 25.7. The van der Waals surface area contributed by atoms with Crippen molar-refractivity contribution in [2.24, 2.45) is 11.3 Å². The SMILES string of the molecule is COCC1(C(=O)O)CCN(C(=O)CC2CCCCCC2)C1. The molecule has 5 nitrogen and oxygen atoms in total. The van der Waals surface area contributed by atoms with Crippen LogP contribution in [0.1, 0.15) is 51.4 Å². The van der Waals surface area contributed by atoms with Gasteiger partial charge in [0.25, 0.3) is 0 Å². The number of carboxylic acid groups (broad SMARTS) is 1. The summed E-state index contributed by atoms with van der Waals surface area (Å²) >= 11 is 0. The number of amides is 1. The van der Waals surface area contributed by atoms with Crippen molar-refractivity contribution in [1.29, 1.82) is 0 Å². The standard InChI is InChI=1S/C16H27NO4/c1-21-12-16(15(19)20)8-9-17(11-16)14(18)10-13-6-4-2-3-5-7-13/h13H,2-12H2,1H3,(H,19,20). The van der Waals surface area contributed by atoms with E-state index in [4.69, 9.17) is 4.74 Å². The molecule has 0 aromatic rings. The summed E-state index contributed by atoms with van der Waals surface area (Å²) in [6.45, 7) is 1.01. The molecule has 1 atom stereocenters. The van der Waals surface area contributed by atoms with Gasteiger partial charge in [-0.1, -0.05) is 25.7 Å². The molecular weight excluding hydrogens is 270 g/mol. The number of rotatable bonds is 5. The Morgan fingerprint density at radius 1 is 1.24 bits per heavy atom. The van der Waals surface area contributed by atoms with Crippen molar-refractivity contribution in [2.75, 3.05) is 26.8 Å². The van der Waals surface area contributed by atoms with Crippen LogP contribution in [0.15, 0.2) is 0 Å². The van der Waals surface area contributed by atoms with Gasteiger partial charge >= 0.3 is 5.97 Å². The average Bonchev–Trinajstić information content (AvgIpc) is 2.72. The Hall–Kier alpha value is -1.10. The van der Waals surface area contributed by atoms with Gasteiger partial charge in [0.05, 0.1) is 6.61 Å². The monoisotopic (exact) mass is 297 g/mol. The van der Waals surface area contributed by atoms with E-state index in [1.54, 1.807) is 4.90 Å². The Morgan fingerprint density at radius 2 is 1.90 bits per heavy atom. The predicted octanol–water partition coefficient (Wildman–Crippen LogP) is 2.30. The van der Waals surface area contributed by atoms with Crippen LogP contribution in [0.4, 0.5) is 0 Å². The number of carbonyl (C=O) groups is 2. The first-order valence-corrected chi connectivity index (χ1v) is 8.07. The van der Waals surface area contributed by atoms with E-state index in [2.05, 4.69) is 0 Å². The van der Waals surface area contributed by atoms with Gasteiger partial charge in [-0.3, -0.25) is 9.59 Å². The molecule has 1 aliphatic heterocycles. The van der Waals surface area contributed by atoms with Crippen LogP contribution in [0, 0.1) is 11.3 Å². The summed E-state index contributed by atoms with van der Waals surface area (Å²) in [5.41, 5.74) is -0.909. The van der Waals surface area contributed by atoms with Gasteiger partial charge in [-0.25, -0.2) is 0 Å². The lowest BCUT2D eigenvalue weighted by atomic mass is 9.88. The first-order chi connectivity index (χ1) is 10.1. The molecule has 0 aromatic heterocycles. The normalized spacial score (nSPS) is 27.6. The molecule has 1 aliphatic carbocycles. The molecule has 2 rings (SSSR count). The van der Waals surface area contributed by atoms with Gasteiger partial charge in [0.2, 0.25) is 5.91 Å². The third kappa shape index (κ3) is 3.96. The number of hydrogen-bond donors (Lipinski definition) is 1. The predicted molar refractivity (Wildman–Crippen MR) is 79.0 cm³/mol. The minimum Gasteiger partial charge on any atom is -0.481 e. The number of aliphatic carboxylic acids is 1. The molecular formula is C16H27NO4. The van der Waals surface area contributed by atoms with Crippen molar-refractivity contribution in [3.8, 4) is 0 Å². The van der Waals surface area contributed by atoms with Crippen LogP contribution in [0.3, 0.4) is 0 Å². The number of hydrogen-bond acceptors (Lipinski definition) is 3. The smallest absolute Gasteiger partial charge is 0.313 e. The second-order valence-electron chi connectivity index (χ2n) is 6.65. The fourth-order valence-corrected chi connectivity index (χ4v) is 3.66. The fourth-order valence-electron chi connectivity index (χ4n) is 3.66. The quantitative estimate of drug-likeness (QED) is 0.791. The van der Waals surface area contributed by atoms with Crippen molar-refractivity contribution in [3.63, 3.8) is 0 Å². The summed E-state index contributed by atoms with van der Waals surface area (Å²) in [5.74, 6) is -0.238. The summed E-state index contributed by atoms with van der Waals surface area (Å²) < 4.78 is 5.07. The second kappa shape index (κ2) is 7.25.